The summed E-state index contributed by atoms with van der Waals surface area (Å²) in [6, 6.07) is 1.36. The number of aromatic nitrogens is 2. The Hall–Kier alpha value is -1.62. The Morgan fingerprint density at radius 3 is 2.40 bits per heavy atom. The van der Waals surface area contributed by atoms with Crippen molar-refractivity contribution in [3.8, 4) is 0 Å². The molecule has 0 spiro atoms. The largest absolute Gasteiger partial charge is 0.611 e. The van der Waals surface area contributed by atoms with Gasteiger partial charge < -0.3 is 10.3 Å². The normalized spacial score (nSPS) is 12.9. The summed E-state index contributed by atoms with van der Waals surface area (Å²) in [7, 11) is 0. The molecule has 0 bridgehead atoms. The van der Waals surface area contributed by atoms with Gasteiger partial charge in [-0.15, -0.1) is 5.10 Å². The molecule has 0 saturated heterocycles. The zero-order valence-electron chi connectivity index (χ0n) is 12.5. The number of benzene rings is 1. The van der Waals surface area contributed by atoms with Crippen molar-refractivity contribution in [1.82, 2.24) is 9.89 Å². The van der Waals surface area contributed by atoms with Gasteiger partial charge in [-0.25, -0.2) is 0 Å². The van der Waals surface area contributed by atoms with Crippen LogP contribution in [-0.4, -0.2) is 26.5 Å². The standard InChI is InChI=1S/C13H11Cl2F3N4O2S/c1-2-25(24)11-9(5-23)20-22(12(11)19)21-10-7(14)3-6(4-8(10)15)13(16,17)18/h3-5,21H,2,19H2,1H3. The predicted molar refractivity (Wildman–Crippen MR) is 89.5 cm³/mol. The molecule has 1 atom stereocenters. The second kappa shape index (κ2) is 7.32. The minimum Gasteiger partial charge on any atom is -0.611 e. The molecule has 0 amide bonds. The Balaban J connectivity index is 2.47. The van der Waals surface area contributed by atoms with Crippen molar-refractivity contribution in [3.63, 3.8) is 0 Å². The average Bonchev–Trinajstić information content (AvgIpc) is 2.85. The molecule has 1 aromatic heterocycles. The van der Waals surface area contributed by atoms with Crippen LogP contribution in [0.25, 0.3) is 0 Å². The Morgan fingerprint density at radius 1 is 1.40 bits per heavy atom. The summed E-state index contributed by atoms with van der Waals surface area (Å²) in [4.78, 5) is 12.0. The molecule has 2 aromatic rings. The van der Waals surface area contributed by atoms with E-state index >= 15 is 0 Å². The molecule has 0 aliphatic rings. The lowest BCUT2D eigenvalue weighted by molar-refractivity contribution is -0.137. The number of nitrogens with two attached hydrogens (primary N) is 1. The first-order chi connectivity index (χ1) is 11.6. The first-order valence-electron chi connectivity index (χ1n) is 6.65. The zero-order valence-corrected chi connectivity index (χ0v) is 14.9. The van der Waals surface area contributed by atoms with Gasteiger partial charge in [-0.1, -0.05) is 23.2 Å². The van der Waals surface area contributed by atoms with Crippen LogP contribution in [0, 0.1) is 0 Å². The molecule has 25 heavy (non-hydrogen) atoms. The first kappa shape index (κ1) is 19.7. The Labute approximate surface area is 153 Å². The van der Waals surface area contributed by atoms with Gasteiger partial charge in [0, 0.05) is 0 Å². The quantitative estimate of drug-likeness (QED) is 0.575. The highest BCUT2D eigenvalue weighted by Crippen LogP contribution is 2.38. The van der Waals surface area contributed by atoms with Gasteiger partial charge in [0.25, 0.3) is 0 Å². The van der Waals surface area contributed by atoms with Crippen molar-refractivity contribution in [3.05, 3.63) is 33.4 Å². The van der Waals surface area contributed by atoms with Gasteiger partial charge in [0.2, 0.25) is 10.7 Å². The van der Waals surface area contributed by atoms with Crippen molar-refractivity contribution < 1.29 is 22.5 Å². The van der Waals surface area contributed by atoms with Crippen molar-refractivity contribution in [2.24, 2.45) is 0 Å². The van der Waals surface area contributed by atoms with Crippen molar-refractivity contribution in [1.29, 1.82) is 0 Å². The van der Waals surface area contributed by atoms with Gasteiger partial charge in [-0.05, 0) is 30.2 Å². The second-order valence-corrected chi connectivity index (χ2v) is 7.18. The second-order valence-electron chi connectivity index (χ2n) is 4.69. The van der Waals surface area contributed by atoms with E-state index in [1.165, 1.54) is 0 Å². The van der Waals surface area contributed by atoms with Crippen LogP contribution < -0.4 is 11.2 Å². The van der Waals surface area contributed by atoms with Gasteiger partial charge in [-0.3, -0.25) is 10.2 Å². The third-order valence-electron chi connectivity index (χ3n) is 3.09. The number of carbonyl (C=O) groups excluding carboxylic acids is 1. The Kier molecular flexibility index (Phi) is 5.77. The van der Waals surface area contributed by atoms with Crippen LogP contribution in [0.4, 0.5) is 24.7 Å². The molecule has 136 valence electrons. The molecule has 0 saturated carbocycles. The number of nitrogen functional groups attached to an aromatic ring is 1. The summed E-state index contributed by atoms with van der Waals surface area (Å²) in [5.41, 5.74) is 7.05. The fourth-order valence-electron chi connectivity index (χ4n) is 1.92. The van der Waals surface area contributed by atoms with Gasteiger partial charge in [0.15, 0.2) is 12.0 Å². The number of anilines is 2. The van der Waals surface area contributed by atoms with Crippen LogP contribution in [-0.2, 0) is 17.4 Å². The molecular formula is C13H11Cl2F3N4O2S. The van der Waals surface area contributed by atoms with E-state index in [4.69, 9.17) is 28.9 Å². The van der Waals surface area contributed by atoms with Crippen LogP contribution in [0.2, 0.25) is 10.0 Å². The predicted octanol–water partition coefficient (Wildman–Crippen LogP) is 3.61. The van der Waals surface area contributed by atoms with Crippen LogP contribution in [0.5, 0.6) is 0 Å². The van der Waals surface area contributed by atoms with Crippen molar-refractivity contribution >= 4 is 52.2 Å². The molecule has 1 heterocycles. The monoisotopic (exact) mass is 414 g/mol. The topological polar surface area (TPSA) is 96.0 Å². The highest BCUT2D eigenvalue weighted by atomic mass is 35.5. The van der Waals surface area contributed by atoms with Crippen molar-refractivity contribution in [2.45, 2.75) is 18.0 Å². The fraction of sp³-hybridized carbons (Fsp3) is 0.231. The molecule has 0 aliphatic heterocycles. The number of hydrogen-bond donors (Lipinski definition) is 2. The van der Waals surface area contributed by atoms with E-state index in [0.717, 1.165) is 4.79 Å². The molecular weight excluding hydrogens is 404 g/mol. The third kappa shape index (κ3) is 3.97. The highest BCUT2D eigenvalue weighted by molar-refractivity contribution is 7.91. The number of halogens is 5. The van der Waals surface area contributed by atoms with Gasteiger partial charge >= 0.3 is 6.18 Å². The third-order valence-corrected chi connectivity index (χ3v) is 5.08. The molecule has 1 unspecified atom stereocenters. The molecule has 0 radical (unpaired) electrons. The maximum absolute atomic E-state index is 12.8. The summed E-state index contributed by atoms with van der Waals surface area (Å²) in [6.07, 6.45) is -4.25. The lowest BCUT2D eigenvalue weighted by Gasteiger charge is -2.14. The van der Waals surface area contributed by atoms with E-state index in [0.29, 0.717) is 18.4 Å². The molecule has 1 aromatic carbocycles. The number of hydrogen-bond acceptors (Lipinski definition) is 5. The summed E-state index contributed by atoms with van der Waals surface area (Å²) >= 11 is 10.1. The highest BCUT2D eigenvalue weighted by Gasteiger charge is 2.32. The lowest BCUT2D eigenvalue weighted by Crippen LogP contribution is -2.16. The number of rotatable bonds is 5. The summed E-state index contributed by atoms with van der Waals surface area (Å²) in [5, 5.41) is 3.16. The number of carbonyl (C=O) groups is 1. The Bertz CT molecular complexity index is 790. The fourth-order valence-corrected chi connectivity index (χ4v) is 3.43. The Morgan fingerprint density at radius 2 is 1.96 bits per heavy atom. The van der Waals surface area contributed by atoms with E-state index in [1.807, 2.05) is 0 Å². The molecule has 0 fully saturated rings. The van der Waals surface area contributed by atoms with Gasteiger partial charge in [0.05, 0.1) is 21.3 Å². The maximum atomic E-state index is 12.8. The van der Waals surface area contributed by atoms with E-state index in [9.17, 15) is 22.5 Å². The van der Waals surface area contributed by atoms with Crippen LogP contribution in [0.3, 0.4) is 0 Å². The molecule has 6 nitrogen and oxygen atoms in total. The number of alkyl halides is 3. The van der Waals surface area contributed by atoms with Crippen LogP contribution in [0.15, 0.2) is 17.0 Å². The van der Waals surface area contributed by atoms with Crippen molar-refractivity contribution in [2.75, 3.05) is 16.9 Å². The average molecular weight is 415 g/mol. The smallest absolute Gasteiger partial charge is 0.416 e. The first-order valence-corrected chi connectivity index (χ1v) is 8.72. The molecule has 0 aliphatic carbocycles. The van der Waals surface area contributed by atoms with E-state index in [2.05, 4.69) is 10.5 Å². The summed E-state index contributed by atoms with van der Waals surface area (Å²) in [6.45, 7) is 1.62. The summed E-state index contributed by atoms with van der Waals surface area (Å²) in [5.74, 6) is 0.0488. The number of nitrogens with one attached hydrogen (secondary N) is 1. The SMILES string of the molecule is CC[S+]([O-])c1c(C=O)nn(Nc2c(Cl)cc(C(F)(F)F)cc2Cl)c1N. The van der Waals surface area contributed by atoms with E-state index in [-0.39, 0.29) is 37.9 Å². The molecule has 2 rings (SSSR count). The minimum absolute atomic E-state index is 0.0177. The van der Waals surface area contributed by atoms with Crippen LogP contribution in [0.1, 0.15) is 23.0 Å². The van der Waals surface area contributed by atoms with Crippen LogP contribution >= 0.6 is 23.2 Å². The number of nitrogens with zero attached hydrogens (tertiary/aromatic N) is 2. The number of aldehydes is 1. The summed E-state index contributed by atoms with van der Waals surface area (Å²) < 4.78 is 50.2. The molecule has 12 heteroatoms. The zero-order chi connectivity index (χ0) is 18.9. The lowest BCUT2D eigenvalue weighted by atomic mass is 10.2. The van der Waals surface area contributed by atoms with Gasteiger partial charge in [0.1, 0.15) is 5.75 Å². The van der Waals surface area contributed by atoms with E-state index in [1.54, 1.807) is 6.92 Å². The maximum Gasteiger partial charge on any atom is 0.416 e. The molecule has 3 N–H and O–H groups in total. The minimum atomic E-state index is -4.62. The van der Waals surface area contributed by atoms with E-state index < -0.39 is 22.9 Å². The van der Waals surface area contributed by atoms with Gasteiger partial charge in [-0.2, -0.15) is 18.0 Å².